The van der Waals surface area contributed by atoms with Gasteiger partial charge in [0.1, 0.15) is 12.4 Å². The van der Waals surface area contributed by atoms with Gasteiger partial charge in [-0.05, 0) is 36.8 Å². The van der Waals surface area contributed by atoms with Gasteiger partial charge < -0.3 is 19.5 Å². The van der Waals surface area contributed by atoms with Crippen LogP contribution in [0.5, 0.6) is 17.2 Å². The van der Waals surface area contributed by atoms with Crippen molar-refractivity contribution in [1.29, 1.82) is 0 Å². The molecule has 0 fully saturated rings. The number of methoxy groups -OCH3 is 2. The van der Waals surface area contributed by atoms with Crippen LogP contribution >= 0.6 is 0 Å². The zero-order valence-corrected chi connectivity index (χ0v) is 17.1. The maximum absolute atomic E-state index is 12.8. The van der Waals surface area contributed by atoms with Gasteiger partial charge in [-0.15, -0.1) is 6.58 Å². The van der Waals surface area contributed by atoms with Gasteiger partial charge in [0, 0.05) is 35.3 Å². The summed E-state index contributed by atoms with van der Waals surface area (Å²) in [4.78, 5) is 12.8. The number of rotatable bonds is 10. The highest BCUT2D eigenvalue weighted by Gasteiger charge is 2.16. The second-order valence-corrected chi connectivity index (χ2v) is 6.46. The number of hydrogen-bond acceptors (Lipinski definition) is 5. The van der Waals surface area contributed by atoms with E-state index in [1.807, 2.05) is 30.5 Å². The lowest BCUT2D eigenvalue weighted by atomic mass is 10.0. The zero-order chi connectivity index (χ0) is 21.3. The molecule has 2 aromatic carbocycles. The maximum atomic E-state index is 12.8. The molecule has 7 nitrogen and oxygen atoms in total. The van der Waals surface area contributed by atoms with E-state index in [-0.39, 0.29) is 5.91 Å². The average Bonchev–Trinajstić information content (AvgIpc) is 3.27. The Morgan fingerprint density at radius 3 is 2.77 bits per heavy atom. The molecule has 30 heavy (non-hydrogen) atoms. The molecule has 0 radical (unpaired) electrons. The van der Waals surface area contributed by atoms with Gasteiger partial charge >= 0.3 is 0 Å². The summed E-state index contributed by atoms with van der Waals surface area (Å²) in [6.07, 6.45) is 5.91. The topological polar surface area (TPSA) is 74.6 Å². The molecule has 0 saturated heterocycles. The molecule has 156 valence electrons. The Labute approximate surface area is 175 Å². The minimum atomic E-state index is -0.255. The molecule has 1 aromatic heterocycles. The Balaban J connectivity index is 1.70. The molecular formula is C23H25N3O4. The molecule has 0 spiro atoms. The summed E-state index contributed by atoms with van der Waals surface area (Å²) < 4.78 is 18.4. The van der Waals surface area contributed by atoms with Crippen LogP contribution in [0.3, 0.4) is 0 Å². The number of hydrogen-bond donors (Lipinski definition) is 1. The van der Waals surface area contributed by atoms with Crippen LogP contribution in [0.15, 0.2) is 67.5 Å². The average molecular weight is 407 g/mol. The SMILES string of the molecule is C=CCc1cc(C(=O)Nc2cccc(OCCn3cccn3)c2)cc(OC)c1OC. The summed E-state index contributed by atoms with van der Waals surface area (Å²) in [6.45, 7) is 4.88. The first-order valence-corrected chi connectivity index (χ1v) is 9.52. The van der Waals surface area contributed by atoms with Gasteiger partial charge in [-0.3, -0.25) is 9.48 Å². The summed E-state index contributed by atoms with van der Waals surface area (Å²) >= 11 is 0. The summed E-state index contributed by atoms with van der Waals surface area (Å²) in [6, 6.07) is 12.6. The summed E-state index contributed by atoms with van der Waals surface area (Å²) in [5, 5.41) is 7.04. The minimum Gasteiger partial charge on any atom is -0.493 e. The summed E-state index contributed by atoms with van der Waals surface area (Å²) in [5.74, 6) is 1.51. The van der Waals surface area contributed by atoms with Crippen LogP contribution in [0.4, 0.5) is 5.69 Å². The molecule has 0 saturated carbocycles. The van der Waals surface area contributed by atoms with E-state index in [2.05, 4.69) is 17.0 Å². The van der Waals surface area contributed by atoms with Crippen molar-refractivity contribution in [1.82, 2.24) is 9.78 Å². The predicted molar refractivity (Wildman–Crippen MR) is 116 cm³/mol. The third-order valence-corrected chi connectivity index (χ3v) is 4.42. The number of ether oxygens (including phenoxy) is 3. The predicted octanol–water partition coefficient (Wildman–Crippen LogP) is 3.96. The Hall–Kier alpha value is -3.74. The van der Waals surface area contributed by atoms with Crippen LogP contribution in [0, 0.1) is 0 Å². The van der Waals surface area contributed by atoms with E-state index in [4.69, 9.17) is 14.2 Å². The van der Waals surface area contributed by atoms with Crippen molar-refractivity contribution < 1.29 is 19.0 Å². The monoisotopic (exact) mass is 407 g/mol. The van der Waals surface area contributed by atoms with Crippen LogP contribution in [0.25, 0.3) is 0 Å². The molecule has 0 unspecified atom stereocenters. The van der Waals surface area contributed by atoms with E-state index in [1.54, 1.807) is 49.4 Å². The highest BCUT2D eigenvalue weighted by Crippen LogP contribution is 2.33. The van der Waals surface area contributed by atoms with Crippen LogP contribution < -0.4 is 19.5 Å². The molecule has 0 atom stereocenters. The minimum absolute atomic E-state index is 0.255. The number of benzene rings is 2. The summed E-state index contributed by atoms with van der Waals surface area (Å²) in [5.41, 5.74) is 1.93. The second kappa shape index (κ2) is 10.2. The van der Waals surface area contributed by atoms with Crippen molar-refractivity contribution in [3.8, 4) is 17.2 Å². The number of anilines is 1. The fourth-order valence-electron chi connectivity index (χ4n) is 3.04. The molecule has 1 N–H and O–H groups in total. The molecule has 0 aliphatic carbocycles. The van der Waals surface area contributed by atoms with Gasteiger partial charge in [-0.1, -0.05) is 12.1 Å². The molecule has 0 bridgehead atoms. The number of nitrogens with zero attached hydrogens (tertiary/aromatic N) is 2. The molecule has 3 rings (SSSR count). The van der Waals surface area contributed by atoms with Gasteiger partial charge in [-0.2, -0.15) is 5.10 Å². The lowest BCUT2D eigenvalue weighted by molar-refractivity contribution is 0.102. The molecular weight excluding hydrogens is 382 g/mol. The molecule has 0 aliphatic heterocycles. The number of carbonyl (C=O) groups is 1. The molecule has 1 amide bonds. The number of amides is 1. The third kappa shape index (κ3) is 5.20. The maximum Gasteiger partial charge on any atom is 0.255 e. The number of allylic oxidation sites excluding steroid dienone is 1. The van der Waals surface area contributed by atoms with E-state index in [0.717, 1.165) is 5.56 Å². The van der Waals surface area contributed by atoms with E-state index in [9.17, 15) is 4.79 Å². The van der Waals surface area contributed by atoms with Gasteiger partial charge in [0.2, 0.25) is 0 Å². The Kier molecular flexibility index (Phi) is 7.10. The van der Waals surface area contributed by atoms with Crippen LogP contribution in [0.2, 0.25) is 0 Å². The van der Waals surface area contributed by atoms with Crippen molar-refractivity contribution in [2.24, 2.45) is 0 Å². The lowest BCUT2D eigenvalue weighted by Crippen LogP contribution is -2.13. The van der Waals surface area contributed by atoms with Crippen molar-refractivity contribution >= 4 is 11.6 Å². The number of nitrogens with one attached hydrogen (secondary N) is 1. The van der Waals surface area contributed by atoms with Crippen molar-refractivity contribution in [2.75, 3.05) is 26.1 Å². The van der Waals surface area contributed by atoms with E-state index in [1.165, 1.54) is 0 Å². The highest BCUT2D eigenvalue weighted by molar-refractivity contribution is 6.05. The second-order valence-electron chi connectivity index (χ2n) is 6.46. The van der Waals surface area contributed by atoms with Crippen LogP contribution in [0.1, 0.15) is 15.9 Å². The standard InChI is InChI=1S/C23H25N3O4/c1-4-7-17-14-18(15-21(28-2)22(17)29-3)23(27)25-19-8-5-9-20(16-19)30-13-12-26-11-6-10-24-26/h4-6,8-11,14-16H,1,7,12-13H2,2-3H3,(H,25,27). The lowest BCUT2D eigenvalue weighted by Gasteiger charge is -2.14. The third-order valence-electron chi connectivity index (χ3n) is 4.42. The van der Waals surface area contributed by atoms with E-state index in [0.29, 0.717) is 48.1 Å². The fourth-order valence-corrected chi connectivity index (χ4v) is 3.04. The summed E-state index contributed by atoms with van der Waals surface area (Å²) in [7, 11) is 3.11. The first-order valence-electron chi connectivity index (χ1n) is 9.52. The Morgan fingerprint density at radius 2 is 2.07 bits per heavy atom. The van der Waals surface area contributed by atoms with E-state index < -0.39 is 0 Å². The quantitative estimate of drug-likeness (QED) is 0.515. The van der Waals surface area contributed by atoms with Crippen LogP contribution in [-0.2, 0) is 13.0 Å². The highest BCUT2D eigenvalue weighted by atomic mass is 16.5. The number of aromatic nitrogens is 2. The van der Waals surface area contributed by atoms with Crippen LogP contribution in [-0.4, -0.2) is 36.5 Å². The largest absolute Gasteiger partial charge is 0.493 e. The van der Waals surface area contributed by atoms with Crippen molar-refractivity contribution in [3.63, 3.8) is 0 Å². The molecule has 1 heterocycles. The Bertz CT molecular complexity index is 1000. The molecule has 7 heteroatoms. The van der Waals surface area contributed by atoms with Gasteiger partial charge in [0.15, 0.2) is 11.5 Å². The normalized spacial score (nSPS) is 10.3. The zero-order valence-electron chi connectivity index (χ0n) is 17.1. The van der Waals surface area contributed by atoms with Gasteiger partial charge in [0.05, 0.1) is 20.8 Å². The smallest absolute Gasteiger partial charge is 0.255 e. The van der Waals surface area contributed by atoms with Crippen molar-refractivity contribution in [3.05, 3.63) is 78.6 Å². The first-order chi connectivity index (χ1) is 14.6. The first kappa shape index (κ1) is 21.0. The molecule has 3 aromatic rings. The van der Waals surface area contributed by atoms with E-state index >= 15 is 0 Å². The fraction of sp³-hybridized carbons (Fsp3) is 0.217. The van der Waals surface area contributed by atoms with Crippen molar-refractivity contribution in [2.45, 2.75) is 13.0 Å². The molecule has 0 aliphatic rings. The number of carbonyl (C=O) groups excluding carboxylic acids is 1. The van der Waals surface area contributed by atoms with Gasteiger partial charge in [0.25, 0.3) is 5.91 Å². The van der Waals surface area contributed by atoms with Gasteiger partial charge in [-0.25, -0.2) is 0 Å². The Morgan fingerprint density at radius 1 is 1.20 bits per heavy atom.